The van der Waals surface area contributed by atoms with Gasteiger partial charge in [-0.05, 0) is 17.7 Å². The normalized spacial score (nSPS) is 10.8. The standard InChI is InChI=1S/C24H23N5O3/c1-32-13-12-25-23(31)20-16-29(18-10-6-3-7-11-18)22-19(21(20)30)15-27-24(28-22)26-14-17-8-4-2-5-9-17/h2-11,15-16H,12-14H2,1H3,(H,25,31)(H,26,27,28). The number of carbonyl (C=O) groups is 1. The molecule has 4 rings (SSSR count). The molecule has 8 heteroatoms. The predicted octanol–water partition coefficient (Wildman–Crippen LogP) is 2.77. The molecule has 0 saturated heterocycles. The molecule has 162 valence electrons. The molecular formula is C24H23N5O3. The van der Waals surface area contributed by atoms with Gasteiger partial charge in [-0.3, -0.25) is 9.59 Å². The lowest BCUT2D eigenvalue weighted by Crippen LogP contribution is -2.32. The summed E-state index contributed by atoms with van der Waals surface area (Å²) in [6.07, 6.45) is 2.99. The summed E-state index contributed by atoms with van der Waals surface area (Å²) in [6.45, 7) is 1.20. The number of ether oxygens (including phenoxy) is 1. The second-order valence-electron chi connectivity index (χ2n) is 7.10. The van der Waals surface area contributed by atoms with Crippen LogP contribution >= 0.6 is 0 Å². The van der Waals surface area contributed by atoms with Gasteiger partial charge in [-0.2, -0.15) is 4.98 Å². The highest BCUT2D eigenvalue weighted by molar-refractivity contribution is 5.97. The molecule has 0 spiro atoms. The number of hydrogen-bond donors (Lipinski definition) is 2. The van der Waals surface area contributed by atoms with Gasteiger partial charge in [0.15, 0.2) is 5.65 Å². The van der Waals surface area contributed by atoms with Crippen molar-refractivity contribution in [2.45, 2.75) is 6.54 Å². The Morgan fingerprint density at radius 3 is 2.50 bits per heavy atom. The van der Waals surface area contributed by atoms with E-state index >= 15 is 0 Å². The van der Waals surface area contributed by atoms with Gasteiger partial charge in [0.2, 0.25) is 11.4 Å². The van der Waals surface area contributed by atoms with Crippen molar-refractivity contribution in [2.24, 2.45) is 0 Å². The van der Waals surface area contributed by atoms with E-state index in [2.05, 4.69) is 20.6 Å². The number of methoxy groups -OCH3 is 1. The van der Waals surface area contributed by atoms with E-state index in [1.165, 1.54) is 12.4 Å². The van der Waals surface area contributed by atoms with Crippen molar-refractivity contribution in [3.8, 4) is 5.69 Å². The van der Waals surface area contributed by atoms with Crippen molar-refractivity contribution in [2.75, 3.05) is 25.6 Å². The van der Waals surface area contributed by atoms with Crippen LogP contribution in [-0.2, 0) is 11.3 Å². The third kappa shape index (κ3) is 4.65. The van der Waals surface area contributed by atoms with Gasteiger partial charge in [-0.25, -0.2) is 4.98 Å². The van der Waals surface area contributed by atoms with Crippen molar-refractivity contribution in [3.63, 3.8) is 0 Å². The molecule has 1 amide bonds. The summed E-state index contributed by atoms with van der Waals surface area (Å²) < 4.78 is 6.70. The van der Waals surface area contributed by atoms with E-state index in [9.17, 15) is 9.59 Å². The Balaban J connectivity index is 1.76. The van der Waals surface area contributed by atoms with Gasteiger partial charge in [0, 0.05) is 38.3 Å². The second kappa shape index (κ2) is 9.84. The average molecular weight is 429 g/mol. The minimum Gasteiger partial charge on any atom is -0.383 e. The number of anilines is 1. The number of para-hydroxylation sites is 1. The third-order valence-corrected chi connectivity index (χ3v) is 4.91. The molecule has 0 aliphatic rings. The van der Waals surface area contributed by atoms with Crippen molar-refractivity contribution >= 4 is 22.9 Å². The number of benzene rings is 2. The molecule has 2 heterocycles. The largest absolute Gasteiger partial charge is 0.383 e. The van der Waals surface area contributed by atoms with Crippen LogP contribution in [-0.4, -0.2) is 40.7 Å². The molecule has 4 aromatic rings. The van der Waals surface area contributed by atoms with Gasteiger partial charge >= 0.3 is 0 Å². The number of hydrogen-bond acceptors (Lipinski definition) is 6. The van der Waals surface area contributed by atoms with E-state index in [1.54, 1.807) is 11.7 Å². The first-order chi connectivity index (χ1) is 15.7. The van der Waals surface area contributed by atoms with Crippen LogP contribution in [0.15, 0.2) is 77.9 Å². The third-order valence-electron chi connectivity index (χ3n) is 4.91. The quantitative estimate of drug-likeness (QED) is 0.418. The van der Waals surface area contributed by atoms with Crippen LogP contribution in [0.4, 0.5) is 5.95 Å². The fourth-order valence-electron chi connectivity index (χ4n) is 3.28. The summed E-state index contributed by atoms with van der Waals surface area (Å²) in [5.74, 6) is -0.0763. The fraction of sp³-hybridized carbons (Fsp3) is 0.167. The summed E-state index contributed by atoms with van der Waals surface area (Å²) in [7, 11) is 1.55. The van der Waals surface area contributed by atoms with E-state index < -0.39 is 11.3 Å². The molecule has 0 saturated carbocycles. The molecular weight excluding hydrogens is 406 g/mol. The summed E-state index contributed by atoms with van der Waals surface area (Å²) in [5, 5.41) is 6.16. The summed E-state index contributed by atoms with van der Waals surface area (Å²) in [6, 6.07) is 19.3. The average Bonchev–Trinajstić information content (AvgIpc) is 2.84. The highest BCUT2D eigenvalue weighted by Gasteiger charge is 2.18. The van der Waals surface area contributed by atoms with Gasteiger partial charge in [-0.15, -0.1) is 0 Å². The zero-order valence-electron chi connectivity index (χ0n) is 17.6. The summed E-state index contributed by atoms with van der Waals surface area (Å²) in [4.78, 5) is 34.6. The topological polar surface area (TPSA) is 98.1 Å². The molecule has 2 N–H and O–H groups in total. The Labute approximate surface area is 184 Å². The molecule has 0 fully saturated rings. The van der Waals surface area contributed by atoms with Crippen LogP contribution in [0.25, 0.3) is 16.7 Å². The summed E-state index contributed by atoms with van der Waals surface area (Å²) >= 11 is 0. The second-order valence-corrected chi connectivity index (χ2v) is 7.10. The number of rotatable bonds is 8. The van der Waals surface area contributed by atoms with Crippen LogP contribution < -0.4 is 16.1 Å². The lowest BCUT2D eigenvalue weighted by molar-refractivity contribution is 0.0935. The first kappa shape index (κ1) is 21.2. The fourth-order valence-corrected chi connectivity index (χ4v) is 3.28. The van der Waals surface area contributed by atoms with Crippen molar-refractivity contribution < 1.29 is 9.53 Å². The zero-order valence-corrected chi connectivity index (χ0v) is 17.6. The van der Waals surface area contributed by atoms with Gasteiger partial charge in [0.05, 0.1) is 12.0 Å². The van der Waals surface area contributed by atoms with Crippen molar-refractivity contribution in [1.29, 1.82) is 0 Å². The molecule has 2 aromatic carbocycles. The molecule has 0 bridgehead atoms. The Morgan fingerprint density at radius 2 is 1.78 bits per heavy atom. The lowest BCUT2D eigenvalue weighted by atomic mass is 10.2. The SMILES string of the molecule is COCCNC(=O)c1cn(-c2ccccc2)c2nc(NCc3ccccc3)ncc2c1=O. The highest BCUT2D eigenvalue weighted by Crippen LogP contribution is 2.17. The Hall–Kier alpha value is -4.04. The van der Waals surface area contributed by atoms with Gasteiger partial charge in [-0.1, -0.05) is 48.5 Å². The molecule has 2 aromatic heterocycles. The first-order valence-corrected chi connectivity index (χ1v) is 10.2. The number of pyridine rings is 1. The minimum atomic E-state index is -0.468. The molecule has 0 aliphatic carbocycles. The van der Waals surface area contributed by atoms with Gasteiger partial charge in [0.25, 0.3) is 5.91 Å². The zero-order chi connectivity index (χ0) is 22.3. The van der Waals surface area contributed by atoms with E-state index in [0.29, 0.717) is 31.3 Å². The van der Waals surface area contributed by atoms with Crippen LogP contribution in [0.5, 0.6) is 0 Å². The number of fused-ring (bicyclic) bond motifs is 1. The smallest absolute Gasteiger partial charge is 0.256 e. The monoisotopic (exact) mass is 429 g/mol. The molecule has 8 nitrogen and oxygen atoms in total. The molecule has 32 heavy (non-hydrogen) atoms. The number of aromatic nitrogens is 3. The van der Waals surface area contributed by atoms with Crippen molar-refractivity contribution in [1.82, 2.24) is 19.9 Å². The number of carbonyl (C=O) groups excluding carboxylic acids is 1. The van der Waals surface area contributed by atoms with E-state index in [0.717, 1.165) is 11.3 Å². The van der Waals surface area contributed by atoms with Gasteiger partial charge < -0.3 is 19.9 Å². The highest BCUT2D eigenvalue weighted by atomic mass is 16.5. The Morgan fingerprint density at radius 1 is 1.06 bits per heavy atom. The van der Waals surface area contributed by atoms with E-state index in [-0.39, 0.29) is 10.9 Å². The Bertz CT molecular complexity index is 1270. The van der Waals surface area contributed by atoms with Crippen molar-refractivity contribution in [3.05, 3.63) is 94.4 Å². The summed E-state index contributed by atoms with van der Waals surface area (Å²) in [5.41, 5.74) is 1.87. The maximum absolute atomic E-state index is 13.1. The van der Waals surface area contributed by atoms with Crippen LogP contribution in [0.2, 0.25) is 0 Å². The van der Waals surface area contributed by atoms with Crippen LogP contribution in [0, 0.1) is 0 Å². The molecule has 0 atom stereocenters. The first-order valence-electron chi connectivity index (χ1n) is 10.2. The molecule has 0 radical (unpaired) electrons. The van der Waals surface area contributed by atoms with E-state index in [4.69, 9.17) is 4.74 Å². The maximum atomic E-state index is 13.1. The Kier molecular flexibility index (Phi) is 6.52. The number of nitrogens with one attached hydrogen (secondary N) is 2. The maximum Gasteiger partial charge on any atom is 0.256 e. The lowest BCUT2D eigenvalue weighted by Gasteiger charge is -2.14. The van der Waals surface area contributed by atoms with E-state index in [1.807, 2.05) is 60.7 Å². The predicted molar refractivity (Wildman–Crippen MR) is 123 cm³/mol. The number of amides is 1. The van der Waals surface area contributed by atoms with Crippen LogP contribution in [0.3, 0.4) is 0 Å². The minimum absolute atomic E-state index is 0.0195. The molecule has 0 unspecified atom stereocenters. The van der Waals surface area contributed by atoms with Crippen LogP contribution in [0.1, 0.15) is 15.9 Å². The molecule has 0 aliphatic heterocycles. The van der Waals surface area contributed by atoms with Gasteiger partial charge in [0.1, 0.15) is 5.56 Å². The number of nitrogens with zero attached hydrogens (tertiary/aromatic N) is 3.